The molecule has 0 rings (SSSR count). The summed E-state index contributed by atoms with van der Waals surface area (Å²) >= 11 is 0. The molecule has 2 heteroatoms. The molecule has 2 nitrogen and oxygen atoms in total. The Morgan fingerprint density at radius 3 is 2.33 bits per heavy atom. The summed E-state index contributed by atoms with van der Waals surface area (Å²) in [4.78, 5) is 11.4. The molecule has 0 saturated carbocycles. The molecule has 15 heavy (non-hydrogen) atoms. The number of esters is 1. The van der Waals surface area contributed by atoms with Crippen molar-refractivity contribution in [3.05, 3.63) is 11.6 Å². The molecular weight excluding hydrogens is 188 g/mol. The second kappa shape index (κ2) is 9.75. The maximum Gasteiger partial charge on any atom is 0.333 e. The van der Waals surface area contributed by atoms with E-state index >= 15 is 0 Å². The summed E-state index contributed by atoms with van der Waals surface area (Å²) in [5, 5.41) is 0. The molecule has 0 aliphatic rings. The van der Waals surface area contributed by atoms with Crippen LogP contribution < -0.4 is 0 Å². The van der Waals surface area contributed by atoms with Gasteiger partial charge in [-0.1, -0.05) is 38.7 Å². The molecule has 0 fully saturated rings. The standard InChI is InChI=1S/C13H24O2/c1-4-7-8-9-10-11-12(5-2)13(14)15-6-3/h5H,4,6-11H2,1-3H3. The fourth-order valence-corrected chi connectivity index (χ4v) is 1.51. The van der Waals surface area contributed by atoms with Crippen LogP contribution in [0, 0.1) is 0 Å². The molecule has 0 aromatic heterocycles. The van der Waals surface area contributed by atoms with Gasteiger partial charge < -0.3 is 4.74 Å². The molecule has 88 valence electrons. The van der Waals surface area contributed by atoms with E-state index in [0.29, 0.717) is 6.61 Å². The number of hydrogen-bond acceptors (Lipinski definition) is 2. The minimum Gasteiger partial charge on any atom is -0.463 e. The van der Waals surface area contributed by atoms with Crippen LogP contribution in [0.3, 0.4) is 0 Å². The molecule has 0 unspecified atom stereocenters. The summed E-state index contributed by atoms with van der Waals surface area (Å²) in [6.45, 7) is 6.41. The van der Waals surface area contributed by atoms with Crippen LogP contribution in [-0.2, 0) is 9.53 Å². The van der Waals surface area contributed by atoms with Crippen LogP contribution in [0.15, 0.2) is 11.6 Å². The Morgan fingerprint density at radius 2 is 1.80 bits per heavy atom. The van der Waals surface area contributed by atoms with E-state index in [4.69, 9.17) is 4.74 Å². The largest absolute Gasteiger partial charge is 0.463 e. The normalized spacial score (nSPS) is 11.5. The Balaban J connectivity index is 3.67. The Morgan fingerprint density at radius 1 is 1.13 bits per heavy atom. The first-order chi connectivity index (χ1) is 7.26. The second-order valence-electron chi connectivity index (χ2n) is 3.70. The van der Waals surface area contributed by atoms with Gasteiger partial charge in [-0.25, -0.2) is 4.79 Å². The predicted molar refractivity (Wildman–Crippen MR) is 63.8 cm³/mol. The van der Waals surface area contributed by atoms with Crippen LogP contribution in [0.1, 0.15) is 59.3 Å². The number of unbranched alkanes of at least 4 members (excludes halogenated alkanes) is 4. The molecule has 0 spiro atoms. The van der Waals surface area contributed by atoms with E-state index < -0.39 is 0 Å². The van der Waals surface area contributed by atoms with Crippen molar-refractivity contribution in [3.63, 3.8) is 0 Å². The van der Waals surface area contributed by atoms with Crippen LogP contribution >= 0.6 is 0 Å². The van der Waals surface area contributed by atoms with Crippen molar-refractivity contribution in [1.29, 1.82) is 0 Å². The maximum atomic E-state index is 11.4. The highest BCUT2D eigenvalue weighted by molar-refractivity contribution is 5.88. The zero-order valence-corrected chi connectivity index (χ0v) is 10.3. The lowest BCUT2D eigenvalue weighted by Crippen LogP contribution is -2.07. The topological polar surface area (TPSA) is 26.3 Å². The number of allylic oxidation sites excluding steroid dienone is 1. The van der Waals surface area contributed by atoms with Gasteiger partial charge in [0.05, 0.1) is 6.61 Å². The van der Waals surface area contributed by atoms with Crippen LogP contribution in [0.25, 0.3) is 0 Å². The van der Waals surface area contributed by atoms with E-state index in [1.807, 2.05) is 19.9 Å². The van der Waals surface area contributed by atoms with Crippen molar-refractivity contribution < 1.29 is 9.53 Å². The lowest BCUT2D eigenvalue weighted by Gasteiger charge is -2.06. The van der Waals surface area contributed by atoms with Gasteiger partial charge in [-0.2, -0.15) is 0 Å². The van der Waals surface area contributed by atoms with Gasteiger partial charge in [0.2, 0.25) is 0 Å². The van der Waals surface area contributed by atoms with Gasteiger partial charge in [-0.05, 0) is 26.7 Å². The first-order valence-electron chi connectivity index (χ1n) is 6.08. The second-order valence-corrected chi connectivity index (χ2v) is 3.70. The van der Waals surface area contributed by atoms with Crippen LogP contribution in [0.4, 0.5) is 0 Å². The summed E-state index contributed by atoms with van der Waals surface area (Å²) in [6, 6.07) is 0. The van der Waals surface area contributed by atoms with Crippen molar-refractivity contribution in [2.24, 2.45) is 0 Å². The van der Waals surface area contributed by atoms with Gasteiger partial charge in [-0.3, -0.25) is 0 Å². The Kier molecular flexibility index (Phi) is 9.24. The monoisotopic (exact) mass is 212 g/mol. The zero-order valence-electron chi connectivity index (χ0n) is 10.3. The van der Waals surface area contributed by atoms with Crippen molar-refractivity contribution in [3.8, 4) is 0 Å². The fourth-order valence-electron chi connectivity index (χ4n) is 1.51. The number of carbonyl (C=O) groups excluding carboxylic acids is 1. The van der Waals surface area contributed by atoms with Gasteiger partial charge in [0.25, 0.3) is 0 Å². The molecule has 0 heterocycles. The van der Waals surface area contributed by atoms with E-state index in [-0.39, 0.29) is 5.97 Å². The average molecular weight is 212 g/mol. The summed E-state index contributed by atoms with van der Waals surface area (Å²) in [5.74, 6) is -0.143. The quantitative estimate of drug-likeness (QED) is 0.347. The summed E-state index contributed by atoms with van der Waals surface area (Å²) in [7, 11) is 0. The third-order valence-electron chi connectivity index (χ3n) is 2.44. The van der Waals surface area contributed by atoms with Crippen molar-refractivity contribution >= 4 is 5.97 Å². The lowest BCUT2D eigenvalue weighted by molar-refractivity contribution is -0.138. The molecule has 0 aromatic rings. The third kappa shape index (κ3) is 7.18. The summed E-state index contributed by atoms with van der Waals surface area (Å²) in [5.41, 5.74) is 0.827. The molecule has 0 aliphatic heterocycles. The van der Waals surface area contributed by atoms with E-state index in [0.717, 1.165) is 18.4 Å². The highest BCUT2D eigenvalue weighted by Crippen LogP contribution is 2.12. The van der Waals surface area contributed by atoms with E-state index in [2.05, 4.69) is 6.92 Å². The van der Waals surface area contributed by atoms with Gasteiger partial charge in [0.15, 0.2) is 0 Å². The minimum absolute atomic E-state index is 0.143. The molecule has 0 atom stereocenters. The molecule has 0 aromatic carbocycles. The lowest BCUT2D eigenvalue weighted by atomic mass is 10.1. The molecule has 0 N–H and O–H groups in total. The highest BCUT2D eigenvalue weighted by atomic mass is 16.5. The first-order valence-corrected chi connectivity index (χ1v) is 6.08. The summed E-state index contributed by atoms with van der Waals surface area (Å²) in [6.07, 6.45) is 8.87. The highest BCUT2D eigenvalue weighted by Gasteiger charge is 2.08. The first kappa shape index (κ1) is 14.2. The van der Waals surface area contributed by atoms with E-state index in [1.165, 1.54) is 25.7 Å². The Labute approximate surface area is 93.7 Å². The number of hydrogen-bond donors (Lipinski definition) is 0. The van der Waals surface area contributed by atoms with E-state index in [1.54, 1.807) is 0 Å². The van der Waals surface area contributed by atoms with Gasteiger partial charge in [0.1, 0.15) is 0 Å². The van der Waals surface area contributed by atoms with Crippen molar-refractivity contribution in [2.45, 2.75) is 59.3 Å². The third-order valence-corrected chi connectivity index (χ3v) is 2.44. The zero-order chi connectivity index (χ0) is 11.5. The maximum absolute atomic E-state index is 11.4. The van der Waals surface area contributed by atoms with Crippen molar-refractivity contribution in [2.75, 3.05) is 6.61 Å². The molecule has 0 saturated heterocycles. The number of carbonyl (C=O) groups is 1. The Hall–Kier alpha value is -0.790. The minimum atomic E-state index is -0.143. The number of rotatable bonds is 8. The summed E-state index contributed by atoms with van der Waals surface area (Å²) < 4.78 is 4.97. The predicted octanol–water partition coefficient (Wildman–Crippen LogP) is 3.86. The van der Waals surface area contributed by atoms with Gasteiger partial charge >= 0.3 is 5.97 Å². The van der Waals surface area contributed by atoms with Gasteiger partial charge in [0, 0.05) is 5.57 Å². The number of ether oxygens (including phenoxy) is 1. The molecule has 0 amide bonds. The van der Waals surface area contributed by atoms with E-state index in [9.17, 15) is 4.79 Å². The molecular formula is C13H24O2. The SMILES string of the molecule is CC=C(CCCCCCC)C(=O)OCC. The fraction of sp³-hybridized carbons (Fsp3) is 0.769. The Bertz CT molecular complexity index is 195. The van der Waals surface area contributed by atoms with Crippen molar-refractivity contribution in [1.82, 2.24) is 0 Å². The van der Waals surface area contributed by atoms with Crippen LogP contribution in [-0.4, -0.2) is 12.6 Å². The van der Waals surface area contributed by atoms with Crippen LogP contribution in [0.2, 0.25) is 0 Å². The molecule has 0 radical (unpaired) electrons. The molecule has 0 bridgehead atoms. The van der Waals surface area contributed by atoms with Gasteiger partial charge in [-0.15, -0.1) is 0 Å². The smallest absolute Gasteiger partial charge is 0.333 e. The average Bonchev–Trinajstić information content (AvgIpc) is 2.23. The van der Waals surface area contributed by atoms with Crippen LogP contribution in [0.5, 0.6) is 0 Å². The molecule has 0 aliphatic carbocycles.